The second-order valence-corrected chi connectivity index (χ2v) is 2.37. The van der Waals surface area contributed by atoms with Crippen LogP contribution in [-0.2, 0) is 9.59 Å². The van der Waals surface area contributed by atoms with Gasteiger partial charge in [0.25, 0.3) is 0 Å². The van der Waals surface area contributed by atoms with E-state index in [1.165, 1.54) is 6.92 Å². The van der Waals surface area contributed by atoms with Gasteiger partial charge >= 0.3 is 35.0 Å². The first-order chi connectivity index (χ1) is 4.95. The number of carbonyl (C=O) groups is 2. The van der Waals surface area contributed by atoms with Crippen LogP contribution in [0.1, 0.15) is 9.78 Å². The van der Waals surface area contributed by atoms with E-state index in [2.05, 4.69) is 0 Å². The van der Waals surface area contributed by atoms with Crippen LogP contribution in [-0.4, -0.2) is 50.6 Å². The molecule has 1 unspecified atom stereocenters. The smallest absolute Gasteiger partial charge is 1.00 e. The summed E-state index contributed by atoms with van der Waals surface area (Å²) >= 11 is 5.22. The second kappa shape index (κ2) is 6.27. The number of carboxylic acid groups (broad SMARTS) is 2. The van der Waals surface area contributed by atoms with Crippen molar-refractivity contribution < 1.29 is 22.7 Å². The van der Waals surface area contributed by atoms with E-state index in [9.17, 15) is 9.59 Å². The summed E-state index contributed by atoms with van der Waals surface area (Å²) in [5, 5.41) is 15.3. The molecular weight excluding hydrogens is 196 g/mol. The normalized spacial score (nSPS) is 13.0. The van der Waals surface area contributed by atoms with Crippen molar-refractivity contribution in [3.8, 4) is 0 Å². The standard InChI is InChI=1S/C6H7ClO4.Mg.2H/c1-3(5(8)9)2-4(7)6(10)11;;;/h2,4H,1H3,(H,8,9)(H,10,11);;;/q;+2;2*-1. The zero-order valence-corrected chi connectivity index (χ0v) is 8.62. The zero-order valence-electron chi connectivity index (χ0n) is 8.45. The molecule has 0 aliphatic carbocycles. The first kappa shape index (κ1) is 14.3. The molecule has 12 heavy (non-hydrogen) atoms. The monoisotopic (exact) mass is 204 g/mol. The predicted molar refractivity (Wildman–Crippen MR) is 46.6 cm³/mol. The molecule has 4 nitrogen and oxygen atoms in total. The summed E-state index contributed by atoms with van der Waals surface area (Å²) in [7, 11) is 0. The summed E-state index contributed by atoms with van der Waals surface area (Å²) in [6.45, 7) is 1.28. The van der Waals surface area contributed by atoms with Crippen LogP contribution in [0.2, 0.25) is 0 Å². The van der Waals surface area contributed by atoms with Crippen LogP contribution in [0.3, 0.4) is 0 Å². The Morgan fingerprint density at radius 1 is 1.50 bits per heavy atom. The van der Waals surface area contributed by atoms with Crippen LogP contribution in [0.15, 0.2) is 11.6 Å². The Kier molecular flexibility index (Phi) is 7.46. The summed E-state index contributed by atoms with van der Waals surface area (Å²) < 4.78 is 0. The largest absolute Gasteiger partial charge is 2.00 e. The van der Waals surface area contributed by atoms with Crippen molar-refractivity contribution in [2.24, 2.45) is 0 Å². The van der Waals surface area contributed by atoms with E-state index < -0.39 is 17.3 Å². The maximum atomic E-state index is 10.1. The molecular formula is C6H9ClMgO4. The summed E-state index contributed by atoms with van der Waals surface area (Å²) in [4.78, 5) is 20.2. The van der Waals surface area contributed by atoms with Crippen molar-refractivity contribution in [2.45, 2.75) is 12.3 Å². The van der Waals surface area contributed by atoms with Crippen molar-refractivity contribution in [1.82, 2.24) is 0 Å². The van der Waals surface area contributed by atoms with Gasteiger partial charge in [-0.2, -0.15) is 0 Å². The minimum Gasteiger partial charge on any atom is -1.00 e. The fourth-order valence-electron chi connectivity index (χ4n) is 0.362. The number of halogens is 1. The summed E-state index contributed by atoms with van der Waals surface area (Å²) in [5.41, 5.74) is -0.0765. The van der Waals surface area contributed by atoms with Crippen LogP contribution < -0.4 is 0 Å². The molecule has 0 aliphatic heterocycles. The molecule has 6 heteroatoms. The van der Waals surface area contributed by atoms with Crippen molar-refractivity contribution in [3.05, 3.63) is 11.6 Å². The Morgan fingerprint density at radius 2 is 1.92 bits per heavy atom. The average Bonchev–Trinajstić information content (AvgIpc) is 1.87. The molecule has 0 radical (unpaired) electrons. The van der Waals surface area contributed by atoms with Gasteiger partial charge in [-0.3, -0.25) is 4.79 Å². The summed E-state index contributed by atoms with van der Waals surface area (Å²) in [5.74, 6) is -2.43. The SMILES string of the molecule is CC(=CC(Cl)C(=O)O)C(=O)O.[H-].[H-].[Mg+2]. The molecule has 66 valence electrons. The Labute approximate surface area is 93.3 Å². The first-order valence-electron chi connectivity index (χ1n) is 2.73. The molecule has 0 aromatic rings. The molecule has 0 saturated carbocycles. The Morgan fingerprint density at radius 3 is 2.17 bits per heavy atom. The third kappa shape index (κ3) is 5.39. The van der Waals surface area contributed by atoms with E-state index >= 15 is 0 Å². The van der Waals surface area contributed by atoms with Crippen LogP contribution >= 0.6 is 11.6 Å². The summed E-state index contributed by atoms with van der Waals surface area (Å²) in [6, 6.07) is 0. The maximum Gasteiger partial charge on any atom is 2.00 e. The molecule has 0 saturated heterocycles. The minimum atomic E-state index is -1.27. The quantitative estimate of drug-likeness (QED) is 0.400. The Bertz CT molecular complexity index is 222. The number of hydrogen-bond acceptors (Lipinski definition) is 2. The van der Waals surface area contributed by atoms with E-state index in [-0.39, 0.29) is 31.5 Å². The molecule has 0 aliphatic rings. The van der Waals surface area contributed by atoms with Gasteiger partial charge < -0.3 is 13.1 Å². The van der Waals surface area contributed by atoms with Gasteiger partial charge in [-0.15, -0.1) is 11.6 Å². The van der Waals surface area contributed by atoms with Gasteiger partial charge in [-0.05, 0) is 13.0 Å². The number of carboxylic acids is 2. The third-order valence-corrected chi connectivity index (χ3v) is 1.28. The minimum absolute atomic E-state index is 0. The van der Waals surface area contributed by atoms with Gasteiger partial charge in [0.2, 0.25) is 0 Å². The van der Waals surface area contributed by atoms with Crippen molar-refractivity contribution in [2.75, 3.05) is 0 Å². The predicted octanol–water partition coefficient (Wildman–Crippen LogP) is 0.553. The molecule has 0 spiro atoms. The van der Waals surface area contributed by atoms with Gasteiger partial charge in [0, 0.05) is 5.57 Å². The third-order valence-electron chi connectivity index (χ3n) is 0.970. The molecule has 1 atom stereocenters. The first-order valence-corrected chi connectivity index (χ1v) is 3.17. The van der Waals surface area contributed by atoms with Crippen molar-refractivity contribution in [3.63, 3.8) is 0 Å². The topological polar surface area (TPSA) is 74.6 Å². The molecule has 0 rings (SSSR count). The van der Waals surface area contributed by atoms with E-state index in [1.54, 1.807) is 0 Å². The summed E-state index contributed by atoms with van der Waals surface area (Å²) in [6.07, 6.45) is 0.965. The maximum absolute atomic E-state index is 10.1. The molecule has 0 aromatic heterocycles. The van der Waals surface area contributed by atoms with Gasteiger partial charge in [0.1, 0.15) is 5.38 Å². The number of aliphatic carboxylic acids is 2. The van der Waals surface area contributed by atoms with E-state index in [0.717, 1.165) is 6.08 Å². The number of rotatable bonds is 3. The fraction of sp³-hybridized carbons (Fsp3) is 0.333. The second-order valence-electron chi connectivity index (χ2n) is 1.89. The molecule has 2 N–H and O–H groups in total. The van der Waals surface area contributed by atoms with Crippen molar-refractivity contribution in [1.29, 1.82) is 0 Å². The van der Waals surface area contributed by atoms with E-state index in [1.807, 2.05) is 0 Å². The molecule has 0 fully saturated rings. The molecule has 0 heterocycles. The average molecular weight is 205 g/mol. The Hall–Kier alpha value is -0.264. The van der Waals surface area contributed by atoms with Crippen LogP contribution in [0, 0.1) is 0 Å². The zero-order chi connectivity index (χ0) is 9.02. The van der Waals surface area contributed by atoms with Gasteiger partial charge in [-0.25, -0.2) is 4.79 Å². The van der Waals surface area contributed by atoms with E-state index in [0.29, 0.717) is 0 Å². The number of alkyl halides is 1. The van der Waals surface area contributed by atoms with Crippen LogP contribution in [0.4, 0.5) is 0 Å². The number of hydrogen-bond donors (Lipinski definition) is 2. The fourth-order valence-corrected chi connectivity index (χ4v) is 0.551. The molecule has 0 bridgehead atoms. The van der Waals surface area contributed by atoms with Gasteiger partial charge in [0.15, 0.2) is 0 Å². The van der Waals surface area contributed by atoms with Crippen LogP contribution in [0.25, 0.3) is 0 Å². The van der Waals surface area contributed by atoms with E-state index in [4.69, 9.17) is 21.8 Å². The van der Waals surface area contributed by atoms with Gasteiger partial charge in [-0.1, -0.05) is 0 Å². The molecule has 0 aromatic carbocycles. The molecule has 0 amide bonds. The van der Waals surface area contributed by atoms with Crippen molar-refractivity contribution >= 4 is 46.6 Å². The van der Waals surface area contributed by atoms with Gasteiger partial charge in [0.05, 0.1) is 0 Å². The Balaban J connectivity index is -0.000000167. The van der Waals surface area contributed by atoms with Crippen LogP contribution in [0.5, 0.6) is 0 Å².